The average Bonchev–Trinajstić information content (AvgIpc) is 2.81. The van der Waals surface area contributed by atoms with Crippen molar-refractivity contribution >= 4 is 5.70 Å². The first kappa shape index (κ1) is 23.6. The monoisotopic (exact) mass is 394 g/mol. The van der Waals surface area contributed by atoms with Gasteiger partial charge in [-0.15, -0.1) is 0 Å². The van der Waals surface area contributed by atoms with Crippen molar-refractivity contribution in [3.63, 3.8) is 0 Å². The minimum atomic E-state index is -4.49. The van der Waals surface area contributed by atoms with Crippen LogP contribution in [0.25, 0.3) is 5.70 Å². The molecule has 2 aromatic carbocycles. The molecule has 28 heavy (non-hydrogen) atoms. The van der Waals surface area contributed by atoms with E-state index in [0.29, 0.717) is 17.8 Å². The summed E-state index contributed by atoms with van der Waals surface area (Å²) in [6.07, 6.45) is -2.63. The maximum absolute atomic E-state index is 12.8. The van der Waals surface area contributed by atoms with Crippen LogP contribution in [-0.4, -0.2) is 23.6 Å². The van der Waals surface area contributed by atoms with Gasteiger partial charge < -0.3 is 10.8 Å². The van der Waals surface area contributed by atoms with Gasteiger partial charge in [-0.3, -0.25) is 4.90 Å². The van der Waals surface area contributed by atoms with Gasteiger partial charge >= 0.3 is 6.18 Å². The van der Waals surface area contributed by atoms with Crippen LogP contribution in [0.1, 0.15) is 56.0 Å². The molecule has 1 aliphatic heterocycles. The van der Waals surface area contributed by atoms with Crippen LogP contribution in [0.4, 0.5) is 13.2 Å². The number of fused-ring (bicyclic) bond motifs is 1. The van der Waals surface area contributed by atoms with E-state index in [1.54, 1.807) is 0 Å². The summed E-state index contributed by atoms with van der Waals surface area (Å²) in [5.74, 6) is -0.378. The van der Waals surface area contributed by atoms with E-state index < -0.39 is 11.7 Å². The smallest absolute Gasteiger partial charge is 0.416 e. The first-order valence-corrected chi connectivity index (χ1v) is 9.44. The molecule has 154 valence electrons. The van der Waals surface area contributed by atoms with E-state index >= 15 is 0 Å². The molecule has 3 N–H and O–H groups in total. The molecule has 3 rings (SSSR count). The van der Waals surface area contributed by atoms with Gasteiger partial charge in [0.15, 0.2) is 0 Å². The number of aromatic hydroxyl groups is 1. The Hall–Kier alpha value is -2.47. The van der Waals surface area contributed by atoms with Crippen LogP contribution in [0.5, 0.6) is 5.75 Å². The molecule has 0 fully saturated rings. The molecule has 0 bridgehead atoms. The Morgan fingerprint density at radius 1 is 1.00 bits per heavy atom. The Kier molecular flexibility index (Phi) is 8.57. The van der Waals surface area contributed by atoms with Crippen molar-refractivity contribution in [2.45, 2.75) is 39.9 Å². The van der Waals surface area contributed by atoms with E-state index in [-0.39, 0.29) is 11.8 Å². The molecule has 0 spiro atoms. The Morgan fingerprint density at radius 3 is 2.18 bits per heavy atom. The predicted octanol–water partition coefficient (Wildman–Crippen LogP) is 5.80. The molecular formula is C22H29F3N2O. The number of phenols is 1. The summed E-state index contributed by atoms with van der Waals surface area (Å²) in [6, 6.07) is 10.2. The van der Waals surface area contributed by atoms with Crippen molar-refractivity contribution in [1.29, 1.82) is 0 Å². The van der Waals surface area contributed by atoms with Crippen LogP contribution < -0.4 is 5.73 Å². The van der Waals surface area contributed by atoms with Crippen LogP contribution >= 0.6 is 0 Å². The van der Waals surface area contributed by atoms with Crippen molar-refractivity contribution < 1.29 is 18.3 Å². The molecule has 0 radical (unpaired) electrons. The molecule has 1 atom stereocenters. The third-order valence-corrected chi connectivity index (χ3v) is 4.26. The Balaban J connectivity index is 0.000000921. The highest BCUT2D eigenvalue weighted by atomic mass is 19.4. The van der Waals surface area contributed by atoms with E-state index in [0.717, 1.165) is 23.3 Å². The van der Waals surface area contributed by atoms with Gasteiger partial charge in [0.1, 0.15) is 5.75 Å². The third kappa shape index (κ3) is 5.07. The normalized spacial score (nSPS) is 16.4. The van der Waals surface area contributed by atoms with E-state index in [1.165, 1.54) is 6.07 Å². The molecule has 3 nitrogen and oxygen atoms in total. The number of hydrogen-bond acceptors (Lipinski definition) is 3. The number of alkyl halides is 3. The van der Waals surface area contributed by atoms with Crippen LogP contribution in [0.3, 0.4) is 0 Å². The van der Waals surface area contributed by atoms with Crippen molar-refractivity contribution in [3.05, 3.63) is 70.8 Å². The van der Waals surface area contributed by atoms with Gasteiger partial charge in [-0.1, -0.05) is 58.0 Å². The largest absolute Gasteiger partial charge is 0.508 e. The zero-order valence-corrected chi connectivity index (χ0v) is 17.0. The van der Waals surface area contributed by atoms with Gasteiger partial charge in [-0.05, 0) is 30.8 Å². The van der Waals surface area contributed by atoms with E-state index in [2.05, 4.69) is 0 Å². The molecule has 2 aromatic rings. The Bertz CT molecular complexity index is 801. The van der Waals surface area contributed by atoms with Crippen molar-refractivity contribution in [3.8, 4) is 5.75 Å². The van der Waals surface area contributed by atoms with Crippen molar-refractivity contribution in [2.75, 3.05) is 13.6 Å². The number of nitrogens with zero attached hydrogens (tertiary/aromatic N) is 1. The van der Waals surface area contributed by atoms with Crippen molar-refractivity contribution in [1.82, 2.24) is 4.90 Å². The van der Waals surface area contributed by atoms with Crippen LogP contribution in [0, 0.1) is 0 Å². The molecule has 1 unspecified atom stereocenters. The molecule has 0 amide bonds. The quantitative estimate of drug-likeness (QED) is 0.643. The lowest BCUT2D eigenvalue weighted by Gasteiger charge is -2.28. The fourth-order valence-corrected chi connectivity index (χ4v) is 3.05. The lowest BCUT2D eigenvalue weighted by molar-refractivity contribution is -0.137. The highest BCUT2D eigenvalue weighted by molar-refractivity contribution is 5.68. The van der Waals surface area contributed by atoms with Crippen LogP contribution in [-0.2, 0) is 6.18 Å². The predicted molar refractivity (Wildman–Crippen MR) is 109 cm³/mol. The second-order valence-corrected chi connectivity index (χ2v) is 5.86. The summed E-state index contributed by atoms with van der Waals surface area (Å²) in [6.45, 7) is 8.52. The van der Waals surface area contributed by atoms with Crippen LogP contribution in [0.2, 0.25) is 0 Å². The fraction of sp³-hybridized carbons (Fsp3) is 0.364. The van der Waals surface area contributed by atoms with Crippen molar-refractivity contribution in [2.24, 2.45) is 5.73 Å². The first-order valence-electron chi connectivity index (χ1n) is 9.44. The summed E-state index contributed by atoms with van der Waals surface area (Å²) in [7, 11) is 1.84. The van der Waals surface area contributed by atoms with Gasteiger partial charge in [0.2, 0.25) is 0 Å². The number of phenolic OH excluding ortho intramolecular Hbond substituents is 1. The second-order valence-electron chi connectivity index (χ2n) is 5.86. The molecule has 0 saturated carbocycles. The number of rotatable bonds is 1. The second kappa shape index (κ2) is 10.2. The summed E-state index contributed by atoms with van der Waals surface area (Å²) >= 11 is 0. The number of halogens is 3. The fourth-order valence-electron chi connectivity index (χ4n) is 3.05. The third-order valence-electron chi connectivity index (χ3n) is 4.26. The minimum Gasteiger partial charge on any atom is -0.508 e. The molecule has 1 heterocycles. The lowest BCUT2D eigenvalue weighted by atomic mass is 9.92. The van der Waals surface area contributed by atoms with E-state index in [1.807, 2.05) is 70.0 Å². The number of hydrogen-bond donors (Lipinski definition) is 2. The summed E-state index contributed by atoms with van der Waals surface area (Å²) in [5, 5.41) is 10.2. The van der Waals surface area contributed by atoms with Gasteiger partial charge in [-0.25, -0.2) is 0 Å². The lowest BCUT2D eigenvalue weighted by Crippen LogP contribution is -2.25. The maximum atomic E-state index is 12.8. The van der Waals surface area contributed by atoms with E-state index in [4.69, 9.17) is 5.73 Å². The Labute approximate surface area is 165 Å². The Morgan fingerprint density at radius 2 is 1.61 bits per heavy atom. The average molecular weight is 394 g/mol. The first-order chi connectivity index (χ1) is 13.3. The zero-order valence-electron chi connectivity index (χ0n) is 17.0. The molecule has 0 saturated heterocycles. The van der Waals surface area contributed by atoms with Gasteiger partial charge in [0.05, 0.1) is 11.6 Å². The molecular weight excluding hydrogens is 365 g/mol. The van der Waals surface area contributed by atoms with Gasteiger partial charge in [0.25, 0.3) is 0 Å². The van der Waals surface area contributed by atoms with Gasteiger partial charge in [0, 0.05) is 23.4 Å². The number of likely N-dealkylation sites (N-methyl/N-ethyl adjacent to an activating group) is 1. The standard InChI is InChI=1S/C18H17F3N2O.2C2H6/c1-23-9-8-15(22)12-4-2-3-5-13(12)17(23)14-7-6-11(10-16(14)24)18(19,20)21;2*1-2/h2-8,10,17,24H,9,22H2,1H3;2*1-2H3. The molecule has 0 aromatic heterocycles. The summed E-state index contributed by atoms with van der Waals surface area (Å²) in [4.78, 5) is 1.93. The highest BCUT2D eigenvalue weighted by Crippen LogP contribution is 2.40. The molecule has 1 aliphatic rings. The molecule has 0 aliphatic carbocycles. The maximum Gasteiger partial charge on any atom is 0.416 e. The zero-order chi connectivity index (χ0) is 21.5. The highest BCUT2D eigenvalue weighted by Gasteiger charge is 2.33. The SMILES string of the molecule is CC.CC.CN1CC=C(N)c2ccccc2C1c1ccc(C(F)(F)F)cc1O. The van der Waals surface area contributed by atoms with Gasteiger partial charge in [-0.2, -0.15) is 13.2 Å². The van der Waals surface area contributed by atoms with Crippen LogP contribution in [0.15, 0.2) is 48.5 Å². The number of nitrogens with two attached hydrogens (primary N) is 1. The molecule has 6 heteroatoms. The number of benzene rings is 2. The summed E-state index contributed by atoms with van der Waals surface area (Å²) in [5.41, 5.74) is 7.93. The topological polar surface area (TPSA) is 49.5 Å². The summed E-state index contributed by atoms with van der Waals surface area (Å²) < 4.78 is 38.5. The minimum absolute atomic E-state index is 0.378. The van der Waals surface area contributed by atoms with E-state index in [9.17, 15) is 18.3 Å².